The fourth-order valence-corrected chi connectivity index (χ4v) is 3.32. The predicted molar refractivity (Wildman–Crippen MR) is 95.6 cm³/mol. The quantitative estimate of drug-likeness (QED) is 0.803. The lowest BCUT2D eigenvalue weighted by Crippen LogP contribution is -2.27. The topological polar surface area (TPSA) is 62.3 Å². The molecule has 0 saturated carbocycles. The van der Waals surface area contributed by atoms with E-state index in [-0.39, 0.29) is 28.3 Å². The maximum absolute atomic E-state index is 12.6. The standard InChI is InChI=1S/C18H17F2N3O2S/c19-18(20)26-16-14(4-3-9-21-16)15(24)22-13-7-5-12(6-8-13)17(25)23-10-1-2-11-23/h3-9,18H,1-2,10-11H2,(H,22,24). The van der Waals surface area contributed by atoms with Crippen LogP contribution in [0.2, 0.25) is 0 Å². The Morgan fingerprint density at radius 2 is 1.81 bits per heavy atom. The highest BCUT2D eigenvalue weighted by Crippen LogP contribution is 2.27. The van der Waals surface area contributed by atoms with Crippen LogP contribution in [0.3, 0.4) is 0 Å². The number of rotatable bonds is 5. The lowest BCUT2D eigenvalue weighted by Gasteiger charge is -2.15. The first-order valence-corrected chi connectivity index (χ1v) is 9.03. The van der Waals surface area contributed by atoms with E-state index in [2.05, 4.69) is 10.3 Å². The van der Waals surface area contributed by atoms with Gasteiger partial charge in [0.15, 0.2) is 0 Å². The number of hydrogen-bond donors (Lipinski definition) is 1. The summed E-state index contributed by atoms with van der Waals surface area (Å²) < 4.78 is 25.2. The Labute approximate surface area is 153 Å². The van der Waals surface area contributed by atoms with Crippen molar-refractivity contribution in [3.8, 4) is 0 Å². The van der Waals surface area contributed by atoms with Crippen molar-refractivity contribution in [1.82, 2.24) is 9.88 Å². The van der Waals surface area contributed by atoms with Gasteiger partial charge in [0, 0.05) is 30.5 Å². The van der Waals surface area contributed by atoms with Gasteiger partial charge in [-0.3, -0.25) is 9.59 Å². The van der Waals surface area contributed by atoms with Gasteiger partial charge in [-0.25, -0.2) is 4.98 Å². The monoisotopic (exact) mass is 377 g/mol. The molecule has 3 rings (SSSR count). The van der Waals surface area contributed by atoms with Crippen molar-refractivity contribution in [3.05, 3.63) is 53.7 Å². The zero-order valence-corrected chi connectivity index (χ0v) is 14.6. The predicted octanol–water partition coefficient (Wildman–Crippen LogP) is 3.88. The third-order valence-electron chi connectivity index (χ3n) is 4.00. The Kier molecular flexibility index (Phi) is 5.82. The van der Waals surface area contributed by atoms with Crippen molar-refractivity contribution in [2.24, 2.45) is 0 Å². The molecule has 8 heteroatoms. The van der Waals surface area contributed by atoms with Crippen molar-refractivity contribution in [1.29, 1.82) is 0 Å². The molecule has 0 aliphatic carbocycles. The van der Waals surface area contributed by atoms with E-state index in [0.717, 1.165) is 25.9 Å². The highest BCUT2D eigenvalue weighted by Gasteiger charge is 2.20. The van der Waals surface area contributed by atoms with Gasteiger partial charge in [0.2, 0.25) is 0 Å². The number of likely N-dealkylation sites (tertiary alicyclic amines) is 1. The Balaban J connectivity index is 1.69. The lowest BCUT2D eigenvalue weighted by atomic mass is 10.1. The third kappa shape index (κ3) is 4.37. The molecule has 0 unspecified atom stereocenters. The van der Waals surface area contributed by atoms with Gasteiger partial charge < -0.3 is 10.2 Å². The van der Waals surface area contributed by atoms with Crippen molar-refractivity contribution in [2.75, 3.05) is 18.4 Å². The minimum Gasteiger partial charge on any atom is -0.339 e. The number of hydrogen-bond acceptors (Lipinski definition) is 4. The van der Waals surface area contributed by atoms with Crippen LogP contribution in [0.15, 0.2) is 47.6 Å². The van der Waals surface area contributed by atoms with Gasteiger partial charge in [0.25, 0.3) is 17.6 Å². The highest BCUT2D eigenvalue weighted by atomic mass is 32.2. The summed E-state index contributed by atoms with van der Waals surface area (Å²) in [7, 11) is 0. The smallest absolute Gasteiger partial charge is 0.290 e. The minimum atomic E-state index is -2.66. The number of thioether (sulfide) groups is 1. The van der Waals surface area contributed by atoms with Crippen molar-refractivity contribution < 1.29 is 18.4 Å². The normalized spacial score (nSPS) is 13.9. The van der Waals surface area contributed by atoms with E-state index in [1.54, 1.807) is 29.2 Å². The molecule has 1 aromatic heterocycles. The summed E-state index contributed by atoms with van der Waals surface area (Å²) in [5.41, 5.74) is 1.11. The SMILES string of the molecule is O=C(Nc1ccc(C(=O)N2CCCC2)cc1)c1cccnc1SC(F)F. The molecule has 0 spiro atoms. The van der Waals surface area contributed by atoms with Crippen LogP contribution in [-0.4, -0.2) is 40.5 Å². The molecule has 1 aromatic carbocycles. The van der Waals surface area contributed by atoms with Gasteiger partial charge in [0.1, 0.15) is 5.03 Å². The summed E-state index contributed by atoms with van der Waals surface area (Å²) >= 11 is 0.229. The average Bonchev–Trinajstić information content (AvgIpc) is 3.16. The van der Waals surface area contributed by atoms with Gasteiger partial charge in [-0.15, -0.1) is 0 Å². The minimum absolute atomic E-state index is 0.0248. The number of anilines is 1. The second-order valence-corrected chi connectivity index (χ2v) is 6.74. The summed E-state index contributed by atoms with van der Waals surface area (Å²) in [4.78, 5) is 30.3. The molecular formula is C18H17F2N3O2S. The fraction of sp³-hybridized carbons (Fsp3) is 0.278. The van der Waals surface area contributed by atoms with Gasteiger partial charge in [-0.05, 0) is 61.0 Å². The number of amides is 2. The summed E-state index contributed by atoms with van der Waals surface area (Å²) in [5, 5.41) is 2.62. The number of halogens is 2. The molecule has 1 N–H and O–H groups in total. The number of carbonyl (C=O) groups excluding carboxylic acids is 2. The first-order valence-electron chi connectivity index (χ1n) is 8.15. The molecule has 0 atom stereocenters. The molecular weight excluding hydrogens is 360 g/mol. The van der Waals surface area contributed by atoms with Gasteiger partial charge in [0.05, 0.1) is 5.56 Å². The Bertz CT molecular complexity index is 793. The molecule has 2 aromatic rings. The molecule has 1 fully saturated rings. The Morgan fingerprint density at radius 3 is 2.46 bits per heavy atom. The summed E-state index contributed by atoms with van der Waals surface area (Å²) in [6, 6.07) is 9.50. The maximum atomic E-state index is 12.6. The number of nitrogens with zero attached hydrogens (tertiary/aromatic N) is 2. The summed E-state index contributed by atoms with van der Waals surface area (Å²) in [6.45, 7) is 1.53. The number of pyridine rings is 1. The maximum Gasteiger partial charge on any atom is 0.290 e. The summed E-state index contributed by atoms with van der Waals surface area (Å²) in [5.74, 6) is -3.21. The lowest BCUT2D eigenvalue weighted by molar-refractivity contribution is 0.0792. The van der Waals surface area contributed by atoms with E-state index in [1.807, 2.05) is 0 Å². The van der Waals surface area contributed by atoms with E-state index in [9.17, 15) is 18.4 Å². The molecule has 0 radical (unpaired) electrons. The van der Waals surface area contributed by atoms with E-state index in [1.165, 1.54) is 18.3 Å². The highest BCUT2D eigenvalue weighted by molar-refractivity contribution is 7.99. The molecule has 5 nitrogen and oxygen atoms in total. The molecule has 26 heavy (non-hydrogen) atoms. The zero-order valence-electron chi connectivity index (χ0n) is 13.8. The molecule has 1 saturated heterocycles. The van der Waals surface area contributed by atoms with Crippen LogP contribution in [0.4, 0.5) is 14.5 Å². The summed E-state index contributed by atoms with van der Waals surface area (Å²) in [6.07, 6.45) is 3.40. The van der Waals surface area contributed by atoms with Crippen molar-refractivity contribution in [2.45, 2.75) is 23.6 Å². The number of aromatic nitrogens is 1. The average molecular weight is 377 g/mol. The fourth-order valence-electron chi connectivity index (χ4n) is 2.74. The molecule has 0 bridgehead atoms. The second-order valence-electron chi connectivity index (χ2n) is 5.77. The van der Waals surface area contributed by atoms with E-state index >= 15 is 0 Å². The largest absolute Gasteiger partial charge is 0.339 e. The number of carbonyl (C=O) groups is 2. The first-order chi connectivity index (χ1) is 12.5. The van der Waals surface area contributed by atoms with Crippen LogP contribution in [0.25, 0.3) is 0 Å². The van der Waals surface area contributed by atoms with Crippen molar-refractivity contribution in [3.63, 3.8) is 0 Å². The first kappa shape index (κ1) is 18.3. The number of benzene rings is 1. The van der Waals surface area contributed by atoms with E-state index in [4.69, 9.17) is 0 Å². The second kappa shape index (κ2) is 8.27. The van der Waals surface area contributed by atoms with E-state index < -0.39 is 11.7 Å². The third-order valence-corrected chi connectivity index (χ3v) is 4.73. The van der Waals surface area contributed by atoms with Gasteiger partial charge in [-0.2, -0.15) is 8.78 Å². The van der Waals surface area contributed by atoms with E-state index in [0.29, 0.717) is 11.3 Å². The van der Waals surface area contributed by atoms with Crippen LogP contribution < -0.4 is 5.32 Å². The van der Waals surface area contributed by atoms with Crippen molar-refractivity contribution >= 4 is 29.3 Å². The van der Waals surface area contributed by atoms with Crippen LogP contribution in [0, 0.1) is 0 Å². The van der Waals surface area contributed by atoms with Gasteiger partial charge in [-0.1, -0.05) is 0 Å². The molecule has 136 valence electrons. The number of alkyl halides is 2. The Hall–Kier alpha value is -2.48. The van der Waals surface area contributed by atoms with Crippen LogP contribution in [0.1, 0.15) is 33.6 Å². The zero-order chi connectivity index (χ0) is 18.5. The molecule has 1 aliphatic heterocycles. The van der Waals surface area contributed by atoms with Crippen LogP contribution >= 0.6 is 11.8 Å². The Morgan fingerprint density at radius 1 is 1.12 bits per heavy atom. The number of nitrogens with one attached hydrogen (secondary N) is 1. The molecule has 2 amide bonds. The van der Waals surface area contributed by atoms with Gasteiger partial charge >= 0.3 is 0 Å². The molecule has 1 aliphatic rings. The molecule has 2 heterocycles. The van der Waals surface area contributed by atoms with Crippen LogP contribution in [-0.2, 0) is 0 Å². The van der Waals surface area contributed by atoms with Crippen LogP contribution in [0.5, 0.6) is 0 Å².